The van der Waals surface area contributed by atoms with Crippen LogP contribution < -0.4 is 10.9 Å². The smallest absolute Gasteiger partial charge is 0.282 e. The second-order valence-electron chi connectivity index (χ2n) is 7.72. The van der Waals surface area contributed by atoms with E-state index in [-0.39, 0.29) is 21.5 Å². The number of rotatable bonds is 6. The maximum atomic E-state index is 13.0. The van der Waals surface area contributed by atoms with E-state index in [2.05, 4.69) is 19.6 Å². The summed E-state index contributed by atoms with van der Waals surface area (Å²) < 4.78 is 60.1. The normalized spacial score (nSPS) is 12.7. The van der Waals surface area contributed by atoms with Gasteiger partial charge in [0.2, 0.25) is 0 Å². The van der Waals surface area contributed by atoms with Gasteiger partial charge in [0.25, 0.3) is 20.0 Å². The summed E-state index contributed by atoms with van der Waals surface area (Å²) in [5, 5.41) is 0.753. The number of halogens is 2. The van der Waals surface area contributed by atoms with E-state index in [0.717, 1.165) is 0 Å². The topological polar surface area (TPSA) is 117 Å². The molecule has 0 heterocycles. The van der Waals surface area contributed by atoms with Gasteiger partial charge in [-0.05, 0) is 48.5 Å². The van der Waals surface area contributed by atoms with Gasteiger partial charge in [-0.15, -0.1) is 8.80 Å². The molecule has 0 amide bonds. The number of hydrogen-bond acceptors (Lipinski definition) is 4. The fraction of sp³-hybridized carbons (Fsp3) is 0. The van der Waals surface area contributed by atoms with Crippen LogP contribution in [0.5, 0.6) is 0 Å². The summed E-state index contributed by atoms with van der Waals surface area (Å²) in [4.78, 5) is -0.140. The molecule has 4 aromatic carbocycles. The fourth-order valence-corrected chi connectivity index (χ4v) is 5.37. The first-order chi connectivity index (χ1) is 18.1. The van der Waals surface area contributed by atoms with Crippen LogP contribution in [0.4, 0.5) is 0 Å². The minimum absolute atomic E-state index is 0.0700. The highest BCUT2D eigenvalue weighted by Gasteiger charge is 2.19. The van der Waals surface area contributed by atoms with Crippen LogP contribution in [0.25, 0.3) is 0 Å². The lowest BCUT2D eigenvalue weighted by Crippen LogP contribution is -2.43. The second-order valence-corrected chi connectivity index (χ2v) is 11.8. The third kappa shape index (κ3) is 6.99. The zero-order valence-corrected chi connectivity index (χ0v) is 22.6. The minimum Gasteiger partial charge on any atom is -0.282 e. The molecule has 0 spiro atoms. The van der Waals surface area contributed by atoms with Gasteiger partial charge in [0.05, 0.1) is 9.79 Å². The lowest BCUT2D eigenvalue weighted by molar-refractivity contribution is 0.595. The molecule has 0 aromatic heterocycles. The zero-order chi connectivity index (χ0) is 27.2. The van der Waals surface area contributed by atoms with Crippen LogP contribution in [0, 0.1) is 0 Å². The lowest BCUT2D eigenvalue weighted by Gasteiger charge is -2.15. The van der Waals surface area contributed by atoms with Crippen LogP contribution in [-0.2, 0) is 20.0 Å². The van der Waals surface area contributed by atoms with E-state index in [1.54, 1.807) is 60.7 Å². The molecule has 38 heavy (non-hydrogen) atoms. The van der Waals surface area contributed by atoms with E-state index in [9.17, 15) is 16.8 Å². The summed E-state index contributed by atoms with van der Waals surface area (Å²) in [6, 6.07) is 28.1. The maximum Gasteiger partial charge on any atom is 0.284 e. The fourth-order valence-electron chi connectivity index (χ4n) is 3.16. The summed E-state index contributed by atoms with van der Waals surface area (Å²) in [5.74, 6) is -0.179. The van der Waals surface area contributed by atoms with Crippen LogP contribution in [0.3, 0.4) is 0 Å². The summed E-state index contributed by atoms with van der Waals surface area (Å²) >= 11 is 11.8. The highest BCUT2D eigenvalue weighted by Crippen LogP contribution is 2.18. The zero-order valence-electron chi connectivity index (χ0n) is 19.5. The van der Waals surface area contributed by atoms with E-state index in [1.807, 2.05) is 0 Å². The Balaban J connectivity index is 1.74. The van der Waals surface area contributed by atoms with Crippen molar-refractivity contribution in [1.29, 1.82) is 0 Å². The van der Waals surface area contributed by atoms with Gasteiger partial charge < -0.3 is 0 Å². The van der Waals surface area contributed by atoms with E-state index in [0.29, 0.717) is 21.2 Å². The van der Waals surface area contributed by atoms with Crippen LogP contribution >= 0.6 is 23.2 Å². The Kier molecular flexibility index (Phi) is 8.48. The van der Waals surface area contributed by atoms with Crippen LogP contribution in [0.15, 0.2) is 128 Å². The van der Waals surface area contributed by atoms with Crippen molar-refractivity contribution in [3.05, 3.63) is 130 Å². The van der Waals surface area contributed by atoms with Crippen molar-refractivity contribution in [3.8, 4) is 0 Å². The van der Waals surface area contributed by atoms with Gasteiger partial charge in [-0.25, -0.2) is 0 Å². The Morgan fingerprint density at radius 2 is 0.816 bits per heavy atom. The van der Waals surface area contributed by atoms with Crippen molar-refractivity contribution in [1.82, 2.24) is 10.9 Å². The minimum atomic E-state index is -4.16. The van der Waals surface area contributed by atoms with E-state index in [1.165, 1.54) is 48.5 Å². The molecule has 0 aliphatic heterocycles. The molecular formula is C26H20Cl2N4O4S2. The quantitative estimate of drug-likeness (QED) is 0.185. The predicted octanol–water partition coefficient (Wildman–Crippen LogP) is 5.06. The van der Waals surface area contributed by atoms with E-state index >= 15 is 0 Å². The SMILES string of the molecule is O=S(=O)(N=C(NNC(=NS(=O)(=O)c1ccc(Cl)cc1)c1ccccc1)c1ccccc1)c1ccc(Cl)cc1. The molecule has 0 saturated carbocycles. The lowest BCUT2D eigenvalue weighted by atomic mass is 10.2. The first kappa shape index (κ1) is 27.3. The molecule has 0 fully saturated rings. The molecule has 2 N–H and O–H groups in total. The van der Waals surface area contributed by atoms with Crippen molar-refractivity contribution in [2.75, 3.05) is 0 Å². The molecule has 0 atom stereocenters. The number of hydrazine groups is 1. The number of benzene rings is 4. The molecule has 0 bridgehead atoms. The van der Waals surface area contributed by atoms with Gasteiger partial charge in [0, 0.05) is 21.2 Å². The van der Waals surface area contributed by atoms with Crippen molar-refractivity contribution in [2.24, 2.45) is 8.80 Å². The predicted molar refractivity (Wildman–Crippen MR) is 150 cm³/mol. The molecule has 4 aromatic rings. The summed E-state index contributed by atoms with van der Waals surface area (Å²) in [5.41, 5.74) is 6.31. The van der Waals surface area contributed by atoms with Crippen molar-refractivity contribution >= 4 is 54.9 Å². The van der Waals surface area contributed by atoms with Gasteiger partial charge in [0.15, 0.2) is 11.7 Å². The summed E-state index contributed by atoms with van der Waals surface area (Å²) in [6.07, 6.45) is 0. The van der Waals surface area contributed by atoms with Gasteiger partial charge in [-0.2, -0.15) is 16.8 Å². The Labute approximate surface area is 230 Å². The molecule has 8 nitrogen and oxygen atoms in total. The van der Waals surface area contributed by atoms with Gasteiger partial charge in [-0.1, -0.05) is 83.9 Å². The maximum absolute atomic E-state index is 13.0. The first-order valence-electron chi connectivity index (χ1n) is 11.0. The highest BCUT2D eigenvalue weighted by atomic mass is 35.5. The second kappa shape index (κ2) is 11.8. The molecular weight excluding hydrogens is 567 g/mol. The molecule has 0 radical (unpaired) electrons. The van der Waals surface area contributed by atoms with Crippen molar-refractivity contribution in [2.45, 2.75) is 9.79 Å². The number of hydrogen-bond donors (Lipinski definition) is 2. The average Bonchev–Trinajstić information content (AvgIpc) is 2.91. The number of nitrogens with zero attached hydrogens (tertiary/aromatic N) is 2. The highest BCUT2D eigenvalue weighted by molar-refractivity contribution is 7.90. The molecule has 0 aliphatic rings. The van der Waals surface area contributed by atoms with Gasteiger partial charge >= 0.3 is 0 Å². The molecule has 194 valence electrons. The van der Waals surface area contributed by atoms with E-state index in [4.69, 9.17) is 23.2 Å². The standard InChI is InChI=1S/C26H20Cl2N4O4S2/c27-21-11-15-23(16-12-21)37(33,34)31-25(19-7-3-1-4-8-19)29-30-26(20-9-5-2-6-10-20)32-38(35,36)24-17-13-22(28)14-18-24/h1-18H,(H,29,31)(H,30,32). The Bertz CT molecular complexity index is 1550. The van der Waals surface area contributed by atoms with Gasteiger partial charge in [-0.3, -0.25) is 10.9 Å². The molecule has 4 rings (SSSR count). The molecule has 0 unspecified atom stereocenters. The first-order valence-corrected chi connectivity index (χ1v) is 14.6. The van der Waals surface area contributed by atoms with Crippen LogP contribution in [-0.4, -0.2) is 28.5 Å². The Morgan fingerprint density at radius 3 is 1.13 bits per heavy atom. The summed E-state index contributed by atoms with van der Waals surface area (Å²) in [6.45, 7) is 0. The van der Waals surface area contributed by atoms with Crippen molar-refractivity contribution in [3.63, 3.8) is 0 Å². The number of nitrogens with one attached hydrogen (secondary N) is 2. The van der Waals surface area contributed by atoms with E-state index < -0.39 is 20.0 Å². The third-order valence-electron chi connectivity index (χ3n) is 5.04. The summed E-state index contributed by atoms with van der Waals surface area (Å²) in [7, 11) is -8.33. The van der Waals surface area contributed by atoms with Crippen LogP contribution in [0.2, 0.25) is 10.0 Å². The molecule has 0 aliphatic carbocycles. The Morgan fingerprint density at radius 1 is 0.500 bits per heavy atom. The number of sulfonamides is 2. The van der Waals surface area contributed by atoms with Gasteiger partial charge in [0.1, 0.15) is 0 Å². The third-order valence-corrected chi connectivity index (χ3v) is 8.13. The monoisotopic (exact) mass is 586 g/mol. The van der Waals surface area contributed by atoms with Crippen molar-refractivity contribution < 1.29 is 16.8 Å². The molecule has 12 heteroatoms. The average molecular weight is 588 g/mol. The largest absolute Gasteiger partial charge is 0.284 e. The Hall–Kier alpha value is -3.70. The van der Waals surface area contributed by atoms with Crippen LogP contribution in [0.1, 0.15) is 11.1 Å². The number of amidine groups is 2. The molecule has 0 saturated heterocycles.